The fourth-order valence-corrected chi connectivity index (χ4v) is 17.3. The van der Waals surface area contributed by atoms with Gasteiger partial charge < -0.3 is 9.13 Å². The molecule has 0 unspecified atom stereocenters. The molecule has 0 aliphatic carbocycles. The molecule has 0 aliphatic heterocycles. The molecule has 0 amide bonds. The smallest absolute Gasteiger partial charge is 0.180 e. The zero-order chi connectivity index (χ0) is 49.7. The summed E-state index contributed by atoms with van der Waals surface area (Å²) < 4.78 is 5.06. The number of aromatic nitrogens is 2. The van der Waals surface area contributed by atoms with Gasteiger partial charge in [-0.1, -0.05) is 255 Å². The van der Waals surface area contributed by atoms with Crippen molar-refractivity contribution in [3.63, 3.8) is 0 Å². The van der Waals surface area contributed by atoms with Crippen LogP contribution in [-0.4, -0.2) is 17.2 Å². The largest absolute Gasteiger partial charge is 0.309 e. The molecule has 2 aromatic heterocycles. The minimum absolute atomic E-state index is 1.11. The van der Waals surface area contributed by atoms with Crippen LogP contribution in [0.25, 0.3) is 99.5 Å². The van der Waals surface area contributed by atoms with Crippen molar-refractivity contribution in [3.8, 4) is 55.9 Å². The van der Waals surface area contributed by atoms with Crippen LogP contribution in [0.3, 0.4) is 0 Å². The third-order valence-electron chi connectivity index (χ3n) is 15.4. The summed E-state index contributed by atoms with van der Waals surface area (Å²) in [5, 5.41) is 10.4. The Bertz CT molecular complexity index is 4350. The molecule has 3 heteroatoms. The minimum atomic E-state index is -3.08. The zero-order valence-electron chi connectivity index (χ0n) is 41.3. The minimum Gasteiger partial charge on any atom is -0.309 e. The lowest BCUT2D eigenvalue weighted by Crippen LogP contribution is -2.74. The molecule has 0 saturated heterocycles. The molecule has 0 fully saturated rings. The normalized spacial score (nSPS) is 11.7. The van der Waals surface area contributed by atoms with Crippen molar-refractivity contribution in [2.24, 2.45) is 0 Å². The van der Waals surface area contributed by atoms with Crippen LogP contribution in [-0.2, 0) is 0 Å². The van der Waals surface area contributed by atoms with E-state index in [1.807, 2.05) is 0 Å². The molecule has 2 nitrogen and oxygen atoms in total. The van der Waals surface area contributed by atoms with Crippen LogP contribution < -0.4 is 20.7 Å². The molecule has 0 atom stereocenters. The molecule has 0 saturated carbocycles. The van der Waals surface area contributed by atoms with Gasteiger partial charge in [0.05, 0.1) is 27.8 Å². The van der Waals surface area contributed by atoms with Crippen LogP contribution in [0.15, 0.2) is 303 Å². The Labute approximate surface area is 438 Å². The number of benzene rings is 12. The summed E-state index contributed by atoms with van der Waals surface area (Å²) in [4.78, 5) is 0. The molecule has 0 spiro atoms. The van der Waals surface area contributed by atoms with Crippen molar-refractivity contribution in [3.05, 3.63) is 303 Å². The second kappa shape index (κ2) is 18.5. The molecular formula is C72H50N2Si. The zero-order valence-corrected chi connectivity index (χ0v) is 42.3. The lowest BCUT2D eigenvalue weighted by Gasteiger charge is -2.35. The predicted molar refractivity (Wildman–Crippen MR) is 320 cm³/mol. The van der Waals surface area contributed by atoms with E-state index in [0.717, 1.165) is 22.4 Å². The van der Waals surface area contributed by atoms with Gasteiger partial charge in [-0.05, 0) is 114 Å². The lowest BCUT2D eigenvalue weighted by molar-refractivity contribution is 1.17. The topological polar surface area (TPSA) is 9.86 Å². The van der Waals surface area contributed by atoms with Gasteiger partial charge in [0.25, 0.3) is 0 Å². The van der Waals surface area contributed by atoms with E-state index >= 15 is 0 Å². The van der Waals surface area contributed by atoms with Crippen LogP contribution in [0, 0.1) is 0 Å². The van der Waals surface area contributed by atoms with Crippen molar-refractivity contribution in [1.29, 1.82) is 0 Å². The van der Waals surface area contributed by atoms with Gasteiger partial charge in [-0.25, -0.2) is 0 Å². The Morgan fingerprint density at radius 3 is 1.31 bits per heavy atom. The maximum absolute atomic E-state index is 3.08. The van der Waals surface area contributed by atoms with Gasteiger partial charge in [0.15, 0.2) is 8.07 Å². The summed E-state index contributed by atoms with van der Waals surface area (Å²) >= 11 is 0. The Morgan fingerprint density at radius 2 is 0.667 bits per heavy atom. The maximum Gasteiger partial charge on any atom is 0.180 e. The third-order valence-corrected chi connectivity index (χ3v) is 20.2. The molecule has 2 heterocycles. The van der Waals surface area contributed by atoms with Gasteiger partial charge >= 0.3 is 0 Å². The SMILES string of the molecule is c1ccc(-c2cc(-c3ccccc3-c3ccccc3)cc(-n3c4ccccc4c4c(-n5c6ccccc6c6c([Si](c7ccccc7)(c7ccccc7)c7cccc(-c8ccccc8)c7)cccc65)cccc43)c2)cc1. The predicted octanol–water partition coefficient (Wildman–Crippen LogP) is 15.9. The standard InChI is InChI=1S/C72H50N2Si/c1-6-25-51(26-7-1)54-31-22-36-60(50-54)75(58-32-12-4-13-33-58,59-34-14-5-15-35-59)70-46-24-45-69-72(70)64-40-19-21-42-66(64)74(69)68-44-23-43-67-71(68)63-39-18-20-41-65(63)73(67)57-48-55(52-27-8-2-9-28-52)47-56(49-57)62-38-17-16-37-61(62)53-29-10-3-11-30-53/h1-50H. The summed E-state index contributed by atoms with van der Waals surface area (Å²) in [6, 6.07) is 113. The molecule has 0 bridgehead atoms. The summed E-state index contributed by atoms with van der Waals surface area (Å²) in [5.74, 6) is 0. The van der Waals surface area contributed by atoms with E-state index in [1.165, 1.54) is 97.8 Å². The number of hydrogen-bond donors (Lipinski definition) is 0. The van der Waals surface area contributed by atoms with Crippen LogP contribution in [0.1, 0.15) is 0 Å². The Kier molecular flexibility index (Phi) is 10.9. The molecule has 0 aliphatic rings. The van der Waals surface area contributed by atoms with E-state index in [0.29, 0.717) is 0 Å². The summed E-state index contributed by atoms with van der Waals surface area (Å²) in [6.45, 7) is 0. The van der Waals surface area contributed by atoms with Crippen LogP contribution in [0.2, 0.25) is 0 Å². The molecule has 352 valence electrons. The van der Waals surface area contributed by atoms with E-state index in [4.69, 9.17) is 0 Å². The highest BCUT2D eigenvalue weighted by Crippen LogP contribution is 2.42. The molecule has 14 rings (SSSR count). The van der Waals surface area contributed by atoms with Gasteiger partial charge in [0.1, 0.15) is 0 Å². The Morgan fingerprint density at radius 1 is 0.240 bits per heavy atom. The van der Waals surface area contributed by atoms with Crippen molar-refractivity contribution >= 4 is 72.4 Å². The van der Waals surface area contributed by atoms with Gasteiger partial charge in [-0.2, -0.15) is 0 Å². The second-order valence-electron chi connectivity index (χ2n) is 19.6. The lowest BCUT2D eigenvalue weighted by atomic mass is 9.92. The van der Waals surface area contributed by atoms with Crippen LogP contribution in [0.4, 0.5) is 0 Å². The second-order valence-corrected chi connectivity index (χ2v) is 23.3. The number of para-hydroxylation sites is 2. The molecule has 75 heavy (non-hydrogen) atoms. The highest BCUT2D eigenvalue weighted by molar-refractivity contribution is 7.20. The summed E-state index contributed by atoms with van der Waals surface area (Å²) in [7, 11) is -3.08. The van der Waals surface area contributed by atoms with E-state index in [2.05, 4.69) is 312 Å². The first kappa shape index (κ1) is 44.2. The van der Waals surface area contributed by atoms with Crippen LogP contribution in [0.5, 0.6) is 0 Å². The molecule has 0 radical (unpaired) electrons. The van der Waals surface area contributed by atoms with Crippen molar-refractivity contribution < 1.29 is 0 Å². The third kappa shape index (κ3) is 7.31. The fourth-order valence-electron chi connectivity index (χ4n) is 12.3. The van der Waals surface area contributed by atoms with E-state index in [9.17, 15) is 0 Å². The molecule has 0 N–H and O–H groups in total. The first-order valence-electron chi connectivity index (χ1n) is 25.9. The number of nitrogens with zero attached hydrogens (tertiary/aromatic N) is 2. The van der Waals surface area contributed by atoms with Crippen molar-refractivity contribution in [2.75, 3.05) is 0 Å². The fraction of sp³-hybridized carbons (Fsp3) is 0. The summed E-state index contributed by atoms with van der Waals surface area (Å²) in [6.07, 6.45) is 0. The number of fused-ring (bicyclic) bond motifs is 6. The molecule has 12 aromatic carbocycles. The highest BCUT2D eigenvalue weighted by Gasteiger charge is 2.43. The van der Waals surface area contributed by atoms with Crippen molar-refractivity contribution in [1.82, 2.24) is 9.13 Å². The average molecular weight is 971 g/mol. The molecular weight excluding hydrogens is 921 g/mol. The van der Waals surface area contributed by atoms with E-state index in [1.54, 1.807) is 0 Å². The van der Waals surface area contributed by atoms with Gasteiger partial charge in [0.2, 0.25) is 0 Å². The Hall–Kier alpha value is -9.54. The quantitative estimate of drug-likeness (QED) is 0.0955. The van der Waals surface area contributed by atoms with Crippen LogP contribution >= 0.6 is 0 Å². The monoisotopic (exact) mass is 970 g/mol. The maximum atomic E-state index is 2.56. The Balaban J connectivity index is 1.05. The first-order valence-corrected chi connectivity index (χ1v) is 27.9. The number of hydrogen-bond acceptors (Lipinski definition) is 0. The first-order chi connectivity index (χ1) is 37.2. The average Bonchev–Trinajstić information content (AvgIpc) is 4.06. The van der Waals surface area contributed by atoms with E-state index in [-0.39, 0.29) is 0 Å². The highest BCUT2D eigenvalue weighted by atomic mass is 28.3. The summed E-state index contributed by atoms with van der Waals surface area (Å²) in [5.41, 5.74) is 16.5. The van der Waals surface area contributed by atoms with Gasteiger partial charge in [-0.3, -0.25) is 0 Å². The van der Waals surface area contributed by atoms with Gasteiger partial charge in [-0.15, -0.1) is 0 Å². The van der Waals surface area contributed by atoms with Gasteiger partial charge in [0, 0.05) is 27.2 Å². The van der Waals surface area contributed by atoms with E-state index < -0.39 is 8.07 Å². The number of rotatable bonds is 10. The molecule has 14 aromatic rings. The van der Waals surface area contributed by atoms with Crippen molar-refractivity contribution in [2.45, 2.75) is 0 Å².